The quantitative estimate of drug-likeness (QED) is 0.903. The Labute approximate surface area is 143 Å². The molecule has 0 bridgehead atoms. The summed E-state index contributed by atoms with van der Waals surface area (Å²) in [5, 5.41) is 15.1. The first-order chi connectivity index (χ1) is 11.5. The van der Waals surface area contributed by atoms with Crippen LogP contribution in [0.1, 0.15) is 43.5 Å². The molecule has 0 unspecified atom stereocenters. The van der Waals surface area contributed by atoms with Gasteiger partial charge >= 0.3 is 0 Å². The number of benzene rings is 2. The molecule has 0 atom stereocenters. The van der Waals surface area contributed by atoms with E-state index in [4.69, 9.17) is 0 Å². The molecule has 1 heterocycles. The molecule has 0 aliphatic carbocycles. The number of fused-ring (bicyclic) bond motifs is 1. The first kappa shape index (κ1) is 16.8. The molecule has 1 aliphatic heterocycles. The summed E-state index contributed by atoms with van der Waals surface area (Å²) in [6.45, 7) is 7.07. The number of carbonyl (C=O) groups excluding carboxylic acids is 1. The predicted octanol–water partition coefficient (Wildman–Crippen LogP) is 3.54. The molecule has 0 saturated carbocycles. The predicted molar refractivity (Wildman–Crippen MR) is 97.4 cm³/mol. The Morgan fingerprint density at radius 2 is 1.75 bits per heavy atom. The van der Waals surface area contributed by atoms with Gasteiger partial charge in [-0.15, -0.1) is 0 Å². The molecule has 1 aliphatic rings. The second kappa shape index (κ2) is 6.81. The first-order valence-corrected chi connectivity index (χ1v) is 8.72. The van der Waals surface area contributed by atoms with Crippen molar-refractivity contribution in [1.82, 2.24) is 10.2 Å². The maximum absolute atomic E-state index is 12.5. The zero-order chi connectivity index (χ0) is 17.2. The molecule has 2 N–H and O–H groups in total. The summed E-state index contributed by atoms with van der Waals surface area (Å²) < 4.78 is 0. The minimum absolute atomic E-state index is 0.0296. The Kier molecular flexibility index (Phi) is 4.76. The van der Waals surface area contributed by atoms with E-state index in [2.05, 4.69) is 24.1 Å². The summed E-state index contributed by atoms with van der Waals surface area (Å²) in [5.74, 6) is -0.190. The number of carbonyl (C=O) groups is 1. The second-order valence-corrected chi connectivity index (χ2v) is 7.26. The molecule has 2 aromatic carbocycles. The van der Waals surface area contributed by atoms with Gasteiger partial charge in [-0.3, -0.25) is 9.69 Å². The van der Waals surface area contributed by atoms with Crippen LogP contribution >= 0.6 is 0 Å². The summed E-state index contributed by atoms with van der Waals surface area (Å²) in [6.07, 6.45) is 3.75. The number of nitrogens with one attached hydrogen (secondary N) is 1. The number of phenolic OH excluding ortho intramolecular Hbond substituents is 1. The Balaban J connectivity index is 1.71. The molecule has 24 heavy (non-hydrogen) atoms. The van der Waals surface area contributed by atoms with Gasteiger partial charge in [-0.25, -0.2) is 0 Å². The van der Waals surface area contributed by atoms with E-state index >= 15 is 0 Å². The number of piperidine rings is 1. The average molecular weight is 326 g/mol. The van der Waals surface area contributed by atoms with Crippen LogP contribution in [0.25, 0.3) is 10.8 Å². The van der Waals surface area contributed by atoms with Crippen molar-refractivity contribution in [2.24, 2.45) is 0 Å². The Bertz CT molecular complexity index is 733. The Morgan fingerprint density at radius 3 is 2.42 bits per heavy atom. The highest BCUT2D eigenvalue weighted by atomic mass is 16.3. The molecule has 1 saturated heterocycles. The van der Waals surface area contributed by atoms with Gasteiger partial charge in [-0.1, -0.05) is 30.7 Å². The van der Waals surface area contributed by atoms with Crippen LogP contribution in [0.5, 0.6) is 5.75 Å². The van der Waals surface area contributed by atoms with Crippen molar-refractivity contribution in [2.45, 2.75) is 38.6 Å². The van der Waals surface area contributed by atoms with Crippen molar-refractivity contribution in [1.29, 1.82) is 0 Å². The highest BCUT2D eigenvalue weighted by Gasteiger charge is 2.28. The minimum atomic E-state index is -0.219. The molecule has 0 spiro atoms. The lowest BCUT2D eigenvalue weighted by atomic mass is 9.98. The Hall–Kier alpha value is -2.07. The standard InChI is InChI=1S/C20H26N2O2/c1-20(2,22-10-6-3-7-11-22)14-21-19(24)17-12-15-8-4-5-9-16(15)13-18(17)23/h4-5,8-9,12-13,23H,3,6-7,10-11,14H2,1-2H3,(H,21,24). The molecule has 0 aromatic heterocycles. The van der Waals surface area contributed by atoms with Crippen LogP contribution in [-0.4, -0.2) is 41.1 Å². The topological polar surface area (TPSA) is 52.6 Å². The molecule has 1 fully saturated rings. The number of hydrogen-bond donors (Lipinski definition) is 2. The van der Waals surface area contributed by atoms with Crippen molar-refractivity contribution < 1.29 is 9.90 Å². The van der Waals surface area contributed by atoms with Gasteiger partial charge in [0.15, 0.2) is 0 Å². The smallest absolute Gasteiger partial charge is 0.255 e. The van der Waals surface area contributed by atoms with Gasteiger partial charge < -0.3 is 10.4 Å². The lowest BCUT2D eigenvalue weighted by Crippen LogP contribution is -2.53. The third-order valence-electron chi connectivity index (χ3n) is 5.00. The molecule has 4 nitrogen and oxygen atoms in total. The SMILES string of the molecule is CC(C)(CNC(=O)c1cc2ccccc2cc1O)N1CCCCC1. The van der Waals surface area contributed by atoms with E-state index in [0.29, 0.717) is 12.1 Å². The number of likely N-dealkylation sites (tertiary alicyclic amines) is 1. The van der Waals surface area contributed by atoms with Gasteiger partial charge in [0.25, 0.3) is 5.91 Å². The number of aromatic hydroxyl groups is 1. The lowest BCUT2D eigenvalue weighted by molar-refractivity contribution is 0.0796. The molecule has 128 valence electrons. The van der Waals surface area contributed by atoms with E-state index in [0.717, 1.165) is 23.9 Å². The highest BCUT2D eigenvalue weighted by Crippen LogP contribution is 2.25. The van der Waals surface area contributed by atoms with Crippen LogP contribution in [0.4, 0.5) is 0 Å². The monoisotopic (exact) mass is 326 g/mol. The van der Waals surface area contributed by atoms with Gasteiger partial charge in [0.2, 0.25) is 0 Å². The zero-order valence-corrected chi connectivity index (χ0v) is 14.5. The van der Waals surface area contributed by atoms with Crippen LogP contribution in [0.15, 0.2) is 36.4 Å². The number of rotatable bonds is 4. The fraction of sp³-hybridized carbons (Fsp3) is 0.450. The van der Waals surface area contributed by atoms with E-state index < -0.39 is 0 Å². The van der Waals surface area contributed by atoms with Gasteiger partial charge in [0.1, 0.15) is 5.75 Å². The number of amides is 1. The third kappa shape index (κ3) is 3.54. The van der Waals surface area contributed by atoms with Gasteiger partial charge in [-0.05, 0) is 62.7 Å². The van der Waals surface area contributed by atoms with Gasteiger partial charge in [0.05, 0.1) is 5.56 Å². The van der Waals surface area contributed by atoms with Crippen molar-refractivity contribution in [2.75, 3.05) is 19.6 Å². The van der Waals surface area contributed by atoms with E-state index in [1.165, 1.54) is 19.3 Å². The minimum Gasteiger partial charge on any atom is -0.507 e. The van der Waals surface area contributed by atoms with Crippen LogP contribution in [-0.2, 0) is 0 Å². The van der Waals surface area contributed by atoms with Crippen molar-refractivity contribution >= 4 is 16.7 Å². The molecule has 2 aromatic rings. The highest BCUT2D eigenvalue weighted by molar-refractivity contribution is 6.01. The molecular weight excluding hydrogens is 300 g/mol. The molecular formula is C20H26N2O2. The zero-order valence-electron chi connectivity index (χ0n) is 14.5. The molecule has 1 amide bonds. The maximum atomic E-state index is 12.5. The van der Waals surface area contributed by atoms with E-state index in [1.54, 1.807) is 12.1 Å². The number of hydrogen-bond acceptors (Lipinski definition) is 3. The van der Waals surface area contributed by atoms with Crippen LogP contribution in [0, 0.1) is 0 Å². The number of nitrogens with zero attached hydrogens (tertiary/aromatic N) is 1. The normalized spacial score (nSPS) is 16.2. The fourth-order valence-corrected chi connectivity index (χ4v) is 3.41. The average Bonchev–Trinajstić information content (AvgIpc) is 2.60. The largest absolute Gasteiger partial charge is 0.507 e. The van der Waals surface area contributed by atoms with Gasteiger partial charge in [-0.2, -0.15) is 0 Å². The summed E-state index contributed by atoms with van der Waals surface area (Å²) in [7, 11) is 0. The van der Waals surface area contributed by atoms with Gasteiger partial charge in [0, 0.05) is 12.1 Å². The Morgan fingerprint density at radius 1 is 1.12 bits per heavy atom. The van der Waals surface area contributed by atoms with Crippen molar-refractivity contribution in [3.05, 3.63) is 42.0 Å². The van der Waals surface area contributed by atoms with Crippen molar-refractivity contribution in [3.8, 4) is 5.75 Å². The number of phenols is 1. The second-order valence-electron chi connectivity index (χ2n) is 7.26. The summed E-state index contributed by atoms with van der Waals surface area (Å²) in [5.41, 5.74) is 0.255. The van der Waals surface area contributed by atoms with Crippen molar-refractivity contribution in [3.63, 3.8) is 0 Å². The fourth-order valence-electron chi connectivity index (χ4n) is 3.41. The molecule has 3 rings (SSSR count). The molecule has 0 radical (unpaired) electrons. The summed E-state index contributed by atoms with van der Waals surface area (Å²) in [6, 6.07) is 11.1. The lowest BCUT2D eigenvalue weighted by Gasteiger charge is -2.41. The van der Waals surface area contributed by atoms with Crippen LogP contribution < -0.4 is 5.32 Å². The van der Waals surface area contributed by atoms with E-state index in [-0.39, 0.29) is 17.2 Å². The molecule has 4 heteroatoms. The van der Waals surface area contributed by atoms with Crippen LogP contribution in [0.2, 0.25) is 0 Å². The maximum Gasteiger partial charge on any atom is 0.255 e. The summed E-state index contributed by atoms with van der Waals surface area (Å²) >= 11 is 0. The van der Waals surface area contributed by atoms with E-state index in [9.17, 15) is 9.90 Å². The third-order valence-corrected chi connectivity index (χ3v) is 5.00. The van der Waals surface area contributed by atoms with E-state index in [1.807, 2.05) is 24.3 Å². The first-order valence-electron chi connectivity index (χ1n) is 8.72. The summed E-state index contributed by atoms with van der Waals surface area (Å²) in [4.78, 5) is 15.0. The van der Waals surface area contributed by atoms with Crippen LogP contribution in [0.3, 0.4) is 0 Å².